The average Bonchev–Trinajstić information content (AvgIpc) is 2.63. The lowest BCUT2D eigenvalue weighted by Crippen LogP contribution is -2.39. The zero-order valence-electron chi connectivity index (χ0n) is 14.3. The molecule has 0 fully saturated rings. The molecule has 10 heteroatoms. The quantitative estimate of drug-likeness (QED) is 0.311. The number of benzene rings is 3. The fraction of sp³-hybridized carbons (Fsp3) is 0.0526. The van der Waals surface area contributed by atoms with Crippen molar-refractivity contribution < 1.29 is 23.2 Å². The maximum Gasteiger partial charge on any atom is 0.283 e. The minimum atomic E-state index is -5.14. The Balaban J connectivity index is 2.67. The second kappa shape index (κ2) is 7.87. The van der Waals surface area contributed by atoms with Crippen LogP contribution >= 0.6 is 46.4 Å². The predicted octanol–water partition coefficient (Wildman–Crippen LogP) is 5.89. The van der Waals surface area contributed by atoms with Crippen LogP contribution in [0.1, 0.15) is 16.7 Å². The zero-order valence-corrected chi connectivity index (χ0v) is 18.1. The van der Waals surface area contributed by atoms with Gasteiger partial charge in [0.15, 0.2) is 4.75 Å². The van der Waals surface area contributed by atoms with E-state index in [2.05, 4.69) is 0 Å². The van der Waals surface area contributed by atoms with Crippen LogP contribution in [-0.2, 0) is 14.9 Å². The van der Waals surface area contributed by atoms with Crippen molar-refractivity contribution in [2.45, 2.75) is 4.75 Å². The zero-order chi connectivity index (χ0) is 21.6. The average molecular weight is 494 g/mol. The smallest absolute Gasteiger partial charge is 0.283 e. The van der Waals surface area contributed by atoms with Crippen LogP contribution < -0.4 is 0 Å². The van der Waals surface area contributed by atoms with Crippen molar-refractivity contribution in [2.24, 2.45) is 0 Å². The van der Waals surface area contributed by atoms with Crippen LogP contribution in [0.3, 0.4) is 0 Å². The molecule has 0 bridgehead atoms. The van der Waals surface area contributed by atoms with Gasteiger partial charge in [-0.25, -0.2) is 0 Å². The summed E-state index contributed by atoms with van der Waals surface area (Å²) in [4.78, 5) is 0. The molecule has 3 rings (SSSR count). The van der Waals surface area contributed by atoms with Crippen molar-refractivity contribution in [3.63, 3.8) is 0 Å². The molecule has 0 spiro atoms. The van der Waals surface area contributed by atoms with Crippen LogP contribution in [0.25, 0.3) is 0 Å². The van der Waals surface area contributed by atoms with Crippen molar-refractivity contribution in [3.05, 3.63) is 91.4 Å². The van der Waals surface area contributed by atoms with E-state index in [-0.39, 0.29) is 48.3 Å². The maximum absolute atomic E-state index is 13.0. The first-order valence-corrected chi connectivity index (χ1v) is 10.8. The molecule has 3 N–H and O–H groups in total. The van der Waals surface area contributed by atoms with E-state index in [0.29, 0.717) is 0 Å². The van der Waals surface area contributed by atoms with Crippen LogP contribution in [0.2, 0.25) is 20.1 Å². The van der Waals surface area contributed by atoms with Gasteiger partial charge in [-0.05, 0) is 54.6 Å². The number of aromatic hydroxyl groups is 2. The Morgan fingerprint density at radius 2 is 1.03 bits per heavy atom. The Labute approximate surface area is 186 Å². The SMILES string of the molecule is O=S(=O)(O)C(c1cc(O)ccc1Cl)(c1cc(O)ccc1Cl)c1cc(Cl)ccc1Cl. The Morgan fingerprint density at radius 1 is 0.655 bits per heavy atom. The number of phenolic OH excluding ortho intramolecular Hbond substituents is 2. The largest absolute Gasteiger partial charge is 0.508 e. The molecule has 0 aliphatic rings. The number of rotatable bonds is 4. The molecule has 0 unspecified atom stereocenters. The van der Waals surface area contributed by atoms with Gasteiger partial charge >= 0.3 is 0 Å². The predicted molar refractivity (Wildman–Crippen MR) is 114 cm³/mol. The van der Waals surface area contributed by atoms with Crippen molar-refractivity contribution >= 4 is 56.5 Å². The van der Waals surface area contributed by atoms with E-state index in [1.165, 1.54) is 42.5 Å². The Kier molecular flexibility index (Phi) is 5.98. The third-order valence-corrected chi connectivity index (χ3v) is 7.01. The molecular weight excluding hydrogens is 482 g/mol. The molecule has 0 aromatic heterocycles. The monoisotopic (exact) mass is 492 g/mol. The van der Waals surface area contributed by atoms with E-state index in [1.54, 1.807) is 0 Å². The summed E-state index contributed by atoms with van der Waals surface area (Å²) in [5.74, 6) is -0.654. The highest BCUT2D eigenvalue weighted by Gasteiger charge is 2.52. The lowest BCUT2D eigenvalue weighted by Gasteiger charge is -2.34. The Hall–Kier alpha value is -1.67. The van der Waals surface area contributed by atoms with Crippen LogP contribution in [-0.4, -0.2) is 23.2 Å². The molecule has 0 amide bonds. The molecule has 3 aromatic rings. The minimum absolute atomic E-state index is 0.0779. The molecule has 0 atom stereocenters. The standard InChI is InChI=1S/C19H12Cl4O5S/c20-10-1-4-16(21)13(7-10)19(29(26,27)28,14-8-11(24)2-5-17(14)22)15-9-12(25)3-6-18(15)23/h1-9,24-25H,(H,26,27,28). The Morgan fingerprint density at radius 3 is 1.45 bits per heavy atom. The number of halogens is 4. The van der Waals surface area contributed by atoms with E-state index in [4.69, 9.17) is 46.4 Å². The van der Waals surface area contributed by atoms with Gasteiger partial charge in [-0.1, -0.05) is 46.4 Å². The molecule has 0 saturated heterocycles. The highest BCUT2D eigenvalue weighted by atomic mass is 35.5. The minimum Gasteiger partial charge on any atom is -0.508 e. The summed E-state index contributed by atoms with van der Waals surface area (Å²) >= 11 is 25.0. The summed E-state index contributed by atoms with van der Waals surface area (Å²) in [5, 5.41) is 19.9. The van der Waals surface area contributed by atoms with Gasteiger partial charge in [0.2, 0.25) is 0 Å². The fourth-order valence-corrected chi connectivity index (χ4v) is 5.64. The number of hydrogen-bond acceptors (Lipinski definition) is 4. The van der Waals surface area contributed by atoms with E-state index in [1.807, 2.05) is 0 Å². The molecular formula is C19H12Cl4O5S. The molecule has 3 aromatic carbocycles. The molecule has 0 heterocycles. The van der Waals surface area contributed by atoms with E-state index < -0.39 is 14.9 Å². The topological polar surface area (TPSA) is 94.8 Å². The van der Waals surface area contributed by atoms with E-state index in [9.17, 15) is 23.2 Å². The molecule has 0 aliphatic carbocycles. The summed E-state index contributed by atoms with van der Waals surface area (Å²) < 4.78 is 34.0. The number of phenols is 2. The first-order chi connectivity index (χ1) is 13.5. The van der Waals surface area contributed by atoms with Gasteiger partial charge in [-0.15, -0.1) is 0 Å². The number of hydrogen-bond donors (Lipinski definition) is 3. The van der Waals surface area contributed by atoms with E-state index in [0.717, 1.165) is 12.1 Å². The van der Waals surface area contributed by atoms with Crippen molar-refractivity contribution in [1.29, 1.82) is 0 Å². The van der Waals surface area contributed by atoms with Gasteiger partial charge in [-0.3, -0.25) is 4.55 Å². The van der Waals surface area contributed by atoms with Gasteiger partial charge in [-0.2, -0.15) is 8.42 Å². The summed E-state index contributed by atoms with van der Waals surface area (Å²) in [6.07, 6.45) is 0. The van der Waals surface area contributed by atoms with E-state index >= 15 is 0 Å². The van der Waals surface area contributed by atoms with Gasteiger partial charge in [0, 0.05) is 36.8 Å². The van der Waals surface area contributed by atoms with Gasteiger partial charge in [0.25, 0.3) is 10.1 Å². The Bertz CT molecular complexity index is 1090. The van der Waals surface area contributed by atoms with Crippen molar-refractivity contribution in [1.82, 2.24) is 0 Å². The normalized spacial score (nSPS) is 12.2. The molecule has 29 heavy (non-hydrogen) atoms. The second-order valence-electron chi connectivity index (χ2n) is 6.11. The summed E-state index contributed by atoms with van der Waals surface area (Å²) in [6.45, 7) is 0. The molecule has 152 valence electrons. The molecule has 0 radical (unpaired) electrons. The van der Waals surface area contributed by atoms with Crippen LogP contribution in [0, 0.1) is 0 Å². The summed E-state index contributed by atoms with van der Waals surface area (Å²) in [7, 11) is -5.14. The first-order valence-electron chi connectivity index (χ1n) is 7.89. The van der Waals surface area contributed by atoms with Gasteiger partial charge in [0.1, 0.15) is 11.5 Å². The first kappa shape index (κ1) is 22.0. The van der Waals surface area contributed by atoms with Crippen LogP contribution in [0.4, 0.5) is 0 Å². The summed E-state index contributed by atoms with van der Waals surface area (Å²) in [5.41, 5.74) is -0.647. The van der Waals surface area contributed by atoms with Crippen LogP contribution in [0.5, 0.6) is 11.5 Å². The molecule has 0 saturated carbocycles. The second-order valence-corrected chi connectivity index (χ2v) is 9.33. The highest BCUT2D eigenvalue weighted by molar-refractivity contribution is 7.87. The van der Waals surface area contributed by atoms with Crippen molar-refractivity contribution in [3.8, 4) is 11.5 Å². The molecule has 0 aliphatic heterocycles. The highest BCUT2D eigenvalue weighted by Crippen LogP contribution is 2.52. The van der Waals surface area contributed by atoms with Crippen molar-refractivity contribution in [2.75, 3.05) is 0 Å². The van der Waals surface area contributed by atoms with Crippen LogP contribution in [0.15, 0.2) is 54.6 Å². The van der Waals surface area contributed by atoms with Gasteiger partial charge < -0.3 is 10.2 Å². The lowest BCUT2D eigenvalue weighted by molar-refractivity contribution is 0.455. The molecule has 5 nitrogen and oxygen atoms in total. The summed E-state index contributed by atoms with van der Waals surface area (Å²) in [6, 6.07) is 11.1. The van der Waals surface area contributed by atoms with Gasteiger partial charge in [0.05, 0.1) is 0 Å². The third-order valence-electron chi connectivity index (χ3n) is 4.35. The third kappa shape index (κ3) is 3.77. The fourth-order valence-electron chi connectivity index (χ4n) is 3.19. The maximum atomic E-state index is 13.0. The lowest BCUT2D eigenvalue weighted by atomic mass is 9.83.